The van der Waals surface area contributed by atoms with E-state index in [2.05, 4.69) is 43.0 Å². The van der Waals surface area contributed by atoms with Crippen LogP contribution in [0, 0.1) is 11.8 Å². The lowest BCUT2D eigenvalue weighted by atomic mass is 9.84. The van der Waals surface area contributed by atoms with Gasteiger partial charge in [0.25, 0.3) is 5.91 Å². The SMILES string of the molecule is CC1CN(Cc2ccccc2)CC(C)C1N(C)C(=O)c1coc(CN)c1. The molecule has 1 aromatic carbocycles. The molecular formula is C21H29N3O2. The van der Waals surface area contributed by atoms with E-state index in [1.807, 2.05) is 18.0 Å². The van der Waals surface area contributed by atoms with E-state index in [9.17, 15) is 4.79 Å². The number of carbonyl (C=O) groups is 1. The molecule has 2 atom stereocenters. The first-order valence-corrected chi connectivity index (χ1v) is 9.30. The molecule has 0 bridgehead atoms. The van der Waals surface area contributed by atoms with Crippen molar-refractivity contribution in [3.05, 3.63) is 59.5 Å². The molecule has 140 valence electrons. The van der Waals surface area contributed by atoms with E-state index in [4.69, 9.17) is 10.2 Å². The predicted octanol–water partition coefficient (Wildman–Crippen LogP) is 2.97. The number of hydrogen-bond acceptors (Lipinski definition) is 4. The van der Waals surface area contributed by atoms with Crippen LogP contribution in [-0.2, 0) is 13.1 Å². The van der Waals surface area contributed by atoms with Gasteiger partial charge in [0.05, 0.1) is 12.1 Å². The van der Waals surface area contributed by atoms with E-state index in [1.54, 1.807) is 6.07 Å². The zero-order chi connectivity index (χ0) is 18.7. The molecule has 1 aliphatic rings. The molecule has 1 saturated heterocycles. The van der Waals surface area contributed by atoms with Crippen molar-refractivity contribution >= 4 is 5.91 Å². The molecule has 2 heterocycles. The lowest BCUT2D eigenvalue weighted by Crippen LogP contribution is -2.55. The Labute approximate surface area is 155 Å². The molecular weight excluding hydrogens is 326 g/mol. The second-order valence-electron chi connectivity index (χ2n) is 7.55. The molecule has 2 N–H and O–H groups in total. The lowest BCUT2D eigenvalue weighted by Gasteiger charge is -2.45. The number of benzene rings is 1. The normalized spacial score (nSPS) is 23.8. The third kappa shape index (κ3) is 4.00. The van der Waals surface area contributed by atoms with E-state index in [-0.39, 0.29) is 11.9 Å². The monoisotopic (exact) mass is 355 g/mol. The van der Waals surface area contributed by atoms with Gasteiger partial charge in [-0.15, -0.1) is 0 Å². The third-order valence-electron chi connectivity index (χ3n) is 5.38. The van der Waals surface area contributed by atoms with Gasteiger partial charge >= 0.3 is 0 Å². The van der Waals surface area contributed by atoms with Gasteiger partial charge in [-0.1, -0.05) is 44.2 Å². The van der Waals surface area contributed by atoms with Crippen molar-refractivity contribution in [2.75, 3.05) is 20.1 Å². The number of rotatable bonds is 5. The molecule has 26 heavy (non-hydrogen) atoms. The fourth-order valence-electron chi connectivity index (χ4n) is 4.34. The van der Waals surface area contributed by atoms with Crippen LogP contribution in [0.25, 0.3) is 0 Å². The van der Waals surface area contributed by atoms with Gasteiger partial charge in [0.15, 0.2) is 0 Å². The molecule has 0 spiro atoms. The topological polar surface area (TPSA) is 62.7 Å². The maximum atomic E-state index is 12.8. The molecule has 1 fully saturated rings. The number of furan rings is 1. The van der Waals surface area contributed by atoms with E-state index in [0.29, 0.717) is 29.7 Å². The Morgan fingerprint density at radius 3 is 2.46 bits per heavy atom. The number of piperidine rings is 1. The van der Waals surface area contributed by atoms with Crippen LogP contribution in [0.4, 0.5) is 0 Å². The summed E-state index contributed by atoms with van der Waals surface area (Å²) in [4.78, 5) is 17.2. The van der Waals surface area contributed by atoms with Gasteiger partial charge in [-0.3, -0.25) is 9.69 Å². The Hall–Kier alpha value is -2.11. The van der Waals surface area contributed by atoms with Gasteiger partial charge in [-0.05, 0) is 23.5 Å². The van der Waals surface area contributed by atoms with Gasteiger partial charge in [-0.2, -0.15) is 0 Å². The standard InChI is InChI=1S/C21H29N3O2/c1-15-11-24(13-17-7-5-4-6-8-17)12-16(2)20(15)23(3)21(25)18-9-19(10-22)26-14-18/h4-9,14-16,20H,10-13,22H2,1-3H3. The van der Waals surface area contributed by atoms with Crippen LogP contribution in [0.2, 0.25) is 0 Å². The first kappa shape index (κ1) is 18.7. The number of likely N-dealkylation sites (tertiary alicyclic amines) is 1. The first-order chi connectivity index (χ1) is 12.5. The van der Waals surface area contributed by atoms with Crippen LogP contribution in [0.5, 0.6) is 0 Å². The number of nitrogens with two attached hydrogens (primary N) is 1. The maximum absolute atomic E-state index is 12.8. The highest BCUT2D eigenvalue weighted by molar-refractivity contribution is 5.94. The fraction of sp³-hybridized carbons (Fsp3) is 0.476. The van der Waals surface area contributed by atoms with Crippen LogP contribution in [0.15, 0.2) is 47.1 Å². The molecule has 0 aliphatic carbocycles. The average Bonchev–Trinajstić information content (AvgIpc) is 3.10. The molecule has 1 aromatic heterocycles. The summed E-state index contributed by atoms with van der Waals surface area (Å²) < 4.78 is 5.33. The summed E-state index contributed by atoms with van der Waals surface area (Å²) in [6, 6.07) is 12.5. The van der Waals surface area contributed by atoms with Crippen LogP contribution in [0.1, 0.15) is 35.5 Å². The summed E-state index contributed by atoms with van der Waals surface area (Å²) >= 11 is 0. The van der Waals surface area contributed by atoms with Gasteiger partial charge in [0.2, 0.25) is 0 Å². The number of hydrogen-bond donors (Lipinski definition) is 1. The van der Waals surface area contributed by atoms with Crippen LogP contribution in [-0.4, -0.2) is 41.9 Å². The van der Waals surface area contributed by atoms with E-state index >= 15 is 0 Å². The molecule has 0 saturated carbocycles. The second-order valence-corrected chi connectivity index (χ2v) is 7.55. The Morgan fingerprint density at radius 2 is 1.88 bits per heavy atom. The summed E-state index contributed by atoms with van der Waals surface area (Å²) in [5.74, 6) is 1.45. The second kappa shape index (κ2) is 8.06. The van der Waals surface area contributed by atoms with Crippen LogP contribution in [0.3, 0.4) is 0 Å². The number of amides is 1. The van der Waals surface area contributed by atoms with Crippen molar-refractivity contribution < 1.29 is 9.21 Å². The van der Waals surface area contributed by atoms with Crippen molar-refractivity contribution in [2.45, 2.75) is 33.0 Å². The lowest BCUT2D eigenvalue weighted by molar-refractivity contribution is 0.0270. The quantitative estimate of drug-likeness (QED) is 0.896. The summed E-state index contributed by atoms with van der Waals surface area (Å²) in [6.45, 7) is 7.72. The van der Waals surface area contributed by atoms with Gasteiger partial charge in [-0.25, -0.2) is 0 Å². The summed E-state index contributed by atoms with van der Waals surface area (Å²) in [5, 5.41) is 0. The predicted molar refractivity (Wildman–Crippen MR) is 103 cm³/mol. The van der Waals surface area contributed by atoms with Crippen molar-refractivity contribution in [2.24, 2.45) is 17.6 Å². The zero-order valence-electron chi connectivity index (χ0n) is 15.9. The zero-order valence-corrected chi connectivity index (χ0v) is 15.9. The highest BCUT2D eigenvalue weighted by atomic mass is 16.3. The van der Waals surface area contributed by atoms with E-state index in [0.717, 1.165) is 19.6 Å². The van der Waals surface area contributed by atoms with Crippen LogP contribution >= 0.6 is 0 Å². The fourth-order valence-corrected chi connectivity index (χ4v) is 4.34. The molecule has 5 heteroatoms. The molecule has 5 nitrogen and oxygen atoms in total. The largest absolute Gasteiger partial charge is 0.467 e. The highest BCUT2D eigenvalue weighted by Gasteiger charge is 2.36. The van der Waals surface area contributed by atoms with E-state index in [1.165, 1.54) is 11.8 Å². The average molecular weight is 355 g/mol. The van der Waals surface area contributed by atoms with Crippen molar-refractivity contribution in [3.63, 3.8) is 0 Å². The Balaban J connectivity index is 1.66. The maximum Gasteiger partial charge on any atom is 0.257 e. The Kier molecular flexibility index (Phi) is 5.79. The van der Waals surface area contributed by atoms with Gasteiger partial charge in [0, 0.05) is 32.7 Å². The smallest absolute Gasteiger partial charge is 0.257 e. The van der Waals surface area contributed by atoms with Crippen molar-refractivity contribution in [1.29, 1.82) is 0 Å². The summed E-state index contributed by atoms with van der Waals surface area (Å²) in [6.07, 6.45) is 1.51. The Morgan fingerprint density at radius 1 is 1.23 bits per heavy atom. The minimum atomic E-state index is 0.00802. The summed E-state index contributed by atoms with van der Waals surface area (Å²) in [5.41, 5.74) is 7.50. The molecule has 2 unspecified atom stereocenters. The molecule has 2 aromatic rings. The number of nitrogens with zero attached hydrogens (tertiary/aromatic N) is 2. The van der Waals surface area contributed by atoms with E-state index < -0.39 is 0 Å². The molecule has 1 aliphatic heterocycles. The minimum absolute atomic E-state index is 0.00802. The van der Waals surface area contributed by atoms with Gasteiger partial charge < -0.3 is 15.1 Å². The first-order valence-electron chi connectivity index (χ1n) is 9.30. The molecule has 3 rings (SSSR count). The molecule has 1 amide bonds. The van der Waals surface area contributed by atoms with Gasteiger partial charge in [0.1, 0.15) is 12.0 Å². The van der Waals surface area contributed by atoms with Crippen LogP contribution < -0.4 is 5.73 Å². The third-order valence-corrected chi connectivity index (χ3v) is 5.38. The molecule has 0 radical (unpaired) electrons. The van der Waals surface area contributed by atoms with Crippen molar-refractivity contribution in [1.82, 2.24) is 9.80 Å². The number of carbonyl (C=O) groups excluding carboxylic acids is 1. The van der Waals surface area contributed by atoms with Crippen molar-refractivity contribution in [3.8, 4) is 0 Å². The Bertz CT molecular complexity index is 716. The minimum Gasteiger partial charge on any atom is -0.467 e. The highest BCUT2D eigenvalue weighted by Crippen LogP contribution is 2.28. The summed E-state index contributed by atoms with van der Waals surface area (Å²) in [7, 11) is 1.90.